The molecule has 6 heteroatoms. The first-order valence-corrected chi connectivity index (χ1v) is 7.11. The topological polar surface area (TPSA) is 66.8 Å². The third-order valence-corrected chi connectivity index (χ3v) is 4.00. The Morgan fingerprint density at radius 3 is 2.86 bits per heavy atom. The molecule has 6 nitrogen and oxygen atoms in total. The van der Waals surface area contributed by atoms with Gasteiger partial charge >= 0.3 is 0 Å². The fourth-order valence-electron chi connectivity index (χ4n) is 2.83. The van der Waals surface area contributed by atoms with Crippen LogP contribution in [0.4, 0.5) is 5.82 Å². The molecule has 0 spiro atoms. The zero-order valence-corrected chi connectivity index (χ0v) is 11.5. The van der Waals surface area contributed by atoms with Crippen molar-refractivity contribution in [3.63, 3.8) is 0 Å². The summed E-state index contributed by atoms with van der Waals surface area (Å²) in [6.07, 6.45) is 8.37. The molecule has 0 atom stereocenters. The summed E-state index contributed by atoms with van der Waals surface area (Å²) in [5.74, 6) is 1.02. The Hall–Kier alpha value is -2.34. The Labute approximate surface area is 121 Å². The van der Waals surface area contributed by atoms with E-state index in [2.05, 4.69) is 15.0 Å². The van der Waals surface area contributed by atoms with Crippen molar-refractivity contribution in [2.45, 2.75) is 18.9 Å². The van der Waals surface area contributed by atoms with E-state index >= 15 is 0 Å². The predicted octanol–water partition coefficient (Wildman–Crippen LogP) is 1.95. The van der Waals surface area contributed by atoms with Crippen LogP contribution in [0.1, 0.15) is 12.8 Å². The third-order valence-electron chi connectivity index (χ3n) is 4.00. The molecular weight excluding hydrogens is 268 g/mol. The van der Waals surface area contributed by atoms with Gasteiger partial charge in [0.1, 0.15) is 5.82 Å². The normalized spacial score (nSPS) is 16.7. The third kappa shape index (κ3) is 2.08. The van der Waals surface area contributed by atoms with E-state index in [1.165, 1.54) is 0 Å². The smallest absolute Gasteiger partial charge is 0.165 e. The van der Waals surface area contributed by atoms with Crippen LogP contribution in [0.25, 0.3) is 16.8 Å². The minimum Gasteiger partial charge on any atom is -0.472 e. The van der Waals surface area contributed by atoms with Crippen molar-refractivity contribution in [3.05, 3.63) is 37.1 Å². The summed E-state index contributed by atoms with van der Waals surface area (Å²) in [5.41, 5.74) is 2.76. The highest BCUT2D eigenvalue weighted by Crippen LogP contribution is 2.27. The van der Waals surface area contributed by atoms with E-state index in [1.807, 2.05) is 22.8 Å². The molecule has 1 saturated heterocycles. The van der Waals surface area contributed by atoms with E-state index in [4.69, 9.17) is 4.42 Å². The maximum atomic E-state index is 9.64. The van der Waals surface area contributed by atoms with Gasteiger partial charge in [-0.1, -0.05) is 0 Å². The van der Waals surface area contributed by atoms with Gasteiger partial charge in [0.15, 0.2) is 5.65 Å². The van der Waals surface area contributed by atoms with Gasteiger partial charge < -0.3 is 14.4 Å². The van der Waals surface area contributed by atoms with Crippen LogP contribution in [0.2, 0.25) is 0 Å². The van der Waals surface area contributed by atoms with Crippen LogP contribution in [0.5, 0.6) is 0 Å². The van der Waals surface area contributed by atoms with Crippen molar-refractivity contribution in [3.8, 4) is 11.1 Å². The molecule has 1 fully saturated rings. The highest BCUT2D eigenvalue weighted by atomic mass is 16.3. The number of aliphatic hydroxyl groups is 1. The molecule has 0 saturated carbocycles. The summed E-state index contributed by atoms with van der Waals surface area (Å²) in [4.78, 5) is 6.69. The lowest BCUT2D eigenvalue weighted by atomic mass is 10.1. The molecule has 1 aliphatic heterocycles. The molecule has 1 N–H and O–H groups in total. The van der Waals surface area contributed by atoms with Crippen LogP contribution in [0.15, 0.2) is 41.5 Å². The van der Waals surface area contributed by atoms with E-state index in [9.17, 15) is 5.11 Å². The largest absolute Gasteiger partial charge is 0.472 e. The van der Waals surface area contributed by atoms with Crippen molar-refractivity contribution < 1.29 is 9.52 Å². The highest BCUT2D eigenvalue weighted by Gasteiger charge is 2.20. The van der Waals surface area contributed by atoms with Crippen molar-refractivity contribution in [1.29, 1.82) is 0 Å². The Morgan fingerprint density at radius 2 is 2.10 bits per heavy atom. The second-order valence-corrected chi connectivity index (χ2v) is 5.33. The maximum absolute atomic E-state index is 9.64. The van der Waals surface area contributed by atoms with Crippen LogP contribution < -0.4 is 4.90 Å². The van der Waals surface area contributed by atoms with E-state index < -0.39 is 0 Å². The van der Waals surface area contributed by atoms with E-state index in [1.54, 1.807) is 18.7 Å². The number of aromatic nitrogens is 3. The van der Waals surface area contributed by atoms with Gasteiger partial charge in [0.05, 0.1) is 24.8 Å². The molecule has 0 amide bonds. The van der Waals surface area contributed by atoms with Gasteiger partial charge in [-0.25, -0.2) is 4.98 Å². The minimum atomic E-state index is -0.183. The molecule has 1 aliphatic rings. The molecule has 0 aliphatic carbocycles. The van der Waals surface area contributed by atoms with Crippen LogP contribution in [-0.2, 0) is 0 Å². The van der Waals surface area contributed by atoms with Gasteiger partial charge in [-0.05, 0) is 25.0 Å². The average Bonchev–Trinajstić information content (AvgIpc) is 3.16. The lowest BCUT2D eigenvalue weighted by Crippen LogP contribution is -2.36. The molecule has 0 aromatic carbocycles. The number of piperidine rings is 1. The monoisotopic (exact) mass is 284 g/mol. The Balaban J connectivity index is 1.77. The number of rotatable bonds is 2. The van der Waals surface area contributed by atoms with Gasteiger partial charge in [0.2, 0.25) is 0 Å². The number of fused-ring (bicyclic) bond motifs is 1. The van der Waals surface area contributed by atoms with Crippen LogP contribution in [0, 0.1) is 0 Å². The molecule has 0 radical (unpaired) electrons. The molecule has 108 valence electrons. The van der Waals surface area contributed by atoms with Crippen molar-refractivity contribution in [2.24, 2.45) is 0 Å². The Kier molecular flexibility index (Phi) is 2.89. The zero-order valence-electron chi connectivity index (χ0n) is 11.5. The Morgan fingerprint density at radius 1 is 1.24 bits per heavy atom. The summed E-state index contributed by atoms with van der Waals surface area (Å²) in [7, 11) is 0. The first-order valence-electron chi connectivity index (χ1n) is 7.11. The molecule has 0 bridgehead atoms. The van der Waals surface area contributed by atoms with Gasteiger partial charge in [0, 0.05) is 30.4 Å². The lowest BCUT2D eigenvalue weighted by Gasteiger charge is -2.31. The maximum Gasteiger partial charge on any atom is 0.165 e. The quantitative estimate of drug-likeness (QED) is 0.779. The standard InChI is InChI=1S/C15H16N4O2/c20-12-2-6-18(7-3-12)14-1-5-16-15-13(9-17-19(14)15)11-4-8-21-10-11/h1,4-5,8-10,12,20H,2-3,6-7H2. The van der Waals surface area contributed by atoms with Gasteiger partial charge in [-0.3, -0.25) is 0 Å². The summed E-state index contributed by atoms with van der Waals surface area (Å²) >= 11 is 0. The van der Waals surface area contributed by atoms with E-state index in [-0.39, 0.29) is 6.10 Å². The molecule has 3 aromatic heterocycles. The molecule has 0 unspecified atom stereocenters. The van der Waals surface area contributed by atoms with E-state index in [0.717, 1.165) is 48.5 Å². The summed E-state index contributed by atoms with van der Waals surface area (Å²) in [6, 6.07) is 3.87. The molecule has 21 heavy (non-hydrogen) atoms. The van der Waals surface area contributed by atoms with Crippen molar-refractivity contribution in [1.82, 2.24) is 14.6 Å². The van der Waals surface area contributed by atoms with Crippen LogP contribution in [0.3, 0.4) is 0 Å². The minimum absolute atomic E-state index is 0.183. The van der Waals surface area contributed by atoms with Crippen molar-refractivity contribution >= 4 is 11.5 Å². The van der Waals surface area contributed by atoms with Gasteiger partial charge in [-0.2, -0.15) is 9.61 Å². The van der Waals surface area contributed by atoms with Gasteiger partial charge in [-0.15, -0.1) is 0 Å². The lowest BCUT2D eigenvalue weighted by molar-refractivity contribution is 0.145. The first kappa shape index (κ1) is 12.4. The summed E-state index contributed by atoms with van der Waals surface area (Å²) in [5, 5.41) is 14.1. The number of hydrogen-bond acceptors (Lipinski definition) is 5. The number of furan rings is 1. The predicted molar refractivity (Wildman–Crippen MR) is 78.1 cm³/mol. The molecular formula is C15H16N4O2. The SMILES string of the molecule is OC1CCN(c2ccnc3c(-c4ccoc4)cnn23)CC1. The van der Waals surface area contributed by atoms with Gasteiger partial charge in [0.25, 0.3) is 0 Å². The number of hydrogen-bond donors (Lipinski definition) is 1. The molecule has 4 heterocycles. The highest BCUT2D eigenvalue weighted by molar-refractivity contribution is 5.77. The summed E-state index contributed by atoms with van der Waals surface area (Å²) in [6.45, 7) is 1.67. The first-order chi connectivity index (χ1) is 10.3. The number of aliphatic hydroxyl groups excluding tert-OH is 1. The summed E-state index contributed by atoms with van der Waals surface area (Å²) < 4.78 is 7.00. The second-order valence-electron chi connectivity index (χ2n) is 5.33. The fourth-order valence-corrected chi connectivity index (χ4v) is 2.83. The second kappa shape index (κ2) is 4.89. The average molecular weight is 284 g/mol. The zero-order chi connectivity index (χ0) is 14.2. The van der Waals surface area contributed by atoms with E-state index in [0.29, 0.717) is 0 Å². The Bertz CT molecular complexity index is 742. The van der Waals surface area contributed by atoms with Crippen LogP contribution in [-0.4, -0.2) is 38.9 Å². The number of nitrogens with zero attached hydrogens (tertiary/aromatic N) is 4. The van der Waals surface area contributed by atoms with Crippen LogP contribution >= 0.6 is 0 Å². The molecule has 4 rings (SSSR count). The van der Waals surface area contributed by atoms with Crippen molar-refractivity contribution in [2.75, 3.05) is 18.0 Å². The number of anilines is 1. The fraction of sp³-hybridized carbons (Fsp3) is 0.333. The molecule has 3 aromatic rings.